The van der Waals surface area contributed by atoms with Gasteiger partial charge in [-0.3, -0.25) is 4.79 Å². The second-order valence-corrected chi connectivity index (χ2v) is 6.66. The molecule has 4 nitrogen and oxygen atoms in total. The molecule has 0 unspecified atom stereocenters. The molecule has 0 fully saturated rings. The molecule has 0 radical (unpaired) electrons. The van der Waals surface area contributed by atoms with Gasteiger partial charge >= 0.3 is 0 Å². The first-order valence-corrected chi connectivity index (χ1v) is 8.76. The Morgan fingerprint density at radius 1 is 1.08 bits per heavy atom. The van der Waals surface area contributed by atoms with Gasteiger partial charge < -0.3 is 4.57 Å². The van der Waals surface area contributed by atoms with E-state index < -0.39 is 0 Å². The van der Waals surface area contributed by atoms with Crippen molar-refractivity contribution in [1.82, 2.24) is 9.99 Å². The van der Waals surface area contributed by atoms with Crippen molar-refractivity contribution in [2.75, 3.05) is 0 Å². The maximum absolute atomic E-state index is 12.1. The Bertz CT molecular complexity index is 975. The van der Waals surface area contributed by atoms with Gasteiger partial charge in [-0.05, 0) is 56.3 Å². The van der Waals surface area contributed by atoms with Crippen LogP contribution < -0.4 is 5.43 Å². The van der Waals surface area contributed by atoms with Crippen LogP contribution in [0.1, 0.15) is 27.3 Å². The average Bonchev–Trinajstić information content (AvgIpc) is 2.90. The molecule has 0 saturated heterocycles. The summed E-state index contributed by atoms with van der Waals surface area (Å²) in [4.78, 5) is 12.1. The lowest BCUT2D eigenvalue weighted by atomic mass is 10.2. The van der Waals surface area contributed by atoms with Crippen molar-refractivity contribution in [3.8, 4) is 5.69 Å². The molecule has 0 spiro atoms. The molecule has 1 amide bonds. The standard InChI is InChI=1S/C20H17Cl2N3O/c1-13-11-15(14(2)25(13)17-9-7-16(21)8-10-17)12-23-24-20(26)18-5-3-4-6-19(18)22/h3-12H,1-2H3,(H,24,26)/b23-12-. The molecule has 2 aromatic carbocycles. The zero-order valence-corrected chi connectivity index (χ0v) is 15.8. The topological polar surface area (TPSA) is 46.4 Å². The highest BCUT2D eigenvalue weighted by atomic mass is 35.5. The molecule has 132 valence electrons. The number of hydrogen-bond donors (Lipinski definition) is 1. The molecule has 0 bridgehead atoms. The van der Waals surface area contributed by atoms with Gasteiger partial charge in [-0.1, -0.05) is 35.3 Å². The number of rotatable bonds is 4. The van der Waals surface area contributed by atoms with Crippen molar-refractivity contribution in [3.63, 3.8) is 0 Å². The number of hydrazone groups is 1. The van der Waals surface area contributed by atoms with Crippen LogP contribution in [0.2, 0.25) is 10.0 Å². The summed E-state index contributed by atoms with van der Waals surface area (Å²) < 4.78 is 2.10. The number of nitrogens with zero attached hydrogens (tertiary/aromatic N) is 2. The largest absolute Gasteiger partial charge is 0.318 e. The fourth-order valence-corrected chi connectivity index (χ4v) is 3.12. The highest BCUT2D eigenvalue weighted by Crippen LogP contribution is 2.21. The third-order valence-electron chi connectivity index (χ3n) is 4.04. The summed E-state index contributed by atoms with van der Waals surface area (Å²) in [5, 5.41) is 5.15. The SMILES string of the molecule is Cc1cc(/C=N\NC(=O)c2ccccc2Cl)c(C)n1-c1ccc(Cl)cc1. The first-order valence-electron chi connectivity index (χ1n) is 8.00. The third-order valence-corrected chi connectivity index (χ3v) is 4.62. The van der Waals surface area contributed by atoms with Gasteiger partial charge in [0.05, 0.1) is 16.8 Å². The van der Waals surface area contributed by atoms with Crippen LogP contribution >= 0.6 is 23.2 Å². The van der Waals surface area contributed by atoms with Crippen LogP contribution in [0.5, 0.6) is 0 Å². The maximum Gasteiger partial charge on any atom is 0.272 e. The Balaban J connectivity index is 1.79. The van der Waals surface area contributed by atoms with Gasteiger partial charge in [0.1, 0.15) is 0 Å². The summed E-state index contributed by atoms with van der Waals surface area (Å²) in [5.41, 5.74) is 6.90. The number of nitrogens with one attached hydrogen (secondary N) is 1. The summed E-state index contributed by atoms with van der Waals surface area (Å²) in [6.45, 7) is 4.01. The van der Waals surface area contributed by atoms with Gasteiger partial charge in [-0.25, -0.2) is 5.43 Å². The van der Waals surface area contributed by atoms with Crippen LogP contribution in [-0.4, -0.2) is 16.7 Å². The maximum atomic E-state index is 12.1. The quantitative estimate of drug-likeness (QED) is 0.488. The van der Waals surface area contributed by atoms with Crippen LogP contribution in [-0.2, 0) is 0 Å². The molecule has 1 N–H and O–H groups in total. The van der Waals surface area contributed by atoms with E-state index in [1.165, 1.54) is 0 Å². The summed E-state index contributed by atoms with van der Waals surface area (Å²) in [7, 11) is 0. The fraction of sp³-hybridized carbons (Fsp3) is 0.100. The zero-order chi connectivity index (χ0) is 18.7. The molecule has 0 atom stereocenters. The van der Waals surface area contributed by atoms with E-state index in [1.807, 2.05) is 44.2 Å². The van der Waals surface area contributed by atoms with Gasteiger partial charge in [-0.15, -0.1) is 0 Å². The van der Waals surface area contributed by atoms with E-state index in [9.17, 15) is 4.79 Å². The van der Waals surface area contributed by atoms with Gasteiger partial charge in [-0.2, -0.15) is 5.10 Å². The van der Waals surface area contributed by atoms with Crippen LogP contribution in [0.15, 0.2) is 59.7 Å². The zero-order valence-electron chi connectivity index (χ0n) is 14.3. The number of amides is 1. The predicted octanol–water partition coefficient (Wildman–Crippen LogP) is 5.16. The summed E-state index contributed by atoms with van der Waals surface area (Å²) in [5.74, 6) is -0.349. The molecule has 0 aliphatic rings. The minimum absolute atomic E-state index is 0.349. The number of aryl methyl sites for hydroxylation is 1. The molecule has 0 aliphatic heterocycles. The number of halogens is 2. The van der Waals surface area contributed by atoms with E-state index in [0.717, 1.165) is 22.6 Å². The first kappa shape index (κ1) is 18.2. The summed E-state index contributed by atoms with van der Waals surface area (Å²) in [6, 6.07) is 16.5. The average molecular weight is 386 g/mol. The molecule has 6 heteroatoms. The molecule has 3 aromatic rings. The van der Waals surface area contributed by atoms with Crippen LogP contribution in [0, 0.1) is 13.8 Å². The van der Waals surface area contributed by atoms with Crippen molar-refractivity contribution in [3.05, 3.63) is 87.2 Å². The second kappa shape index (κ2) is 7.77. The smallest absolute Gasteiger partial charge is 0.272 e. The first-order chi connectivity index (χ1) is 12.5. The van der Waals surface area contributed by atoms with Crippen LogP contribution in [0.25, 0.3) is 5.69 Å². The molecular weight excluding hydrogens is 369 g/mol. The lowest BCUT2D eigenvalue weighted by Gasteiger charge is -2.09. The Hall–Kier alpha value is -2.56. The van der Waals surface area contributed by atoms with E-state index in [2.05, 4.69) is 15.1 Å². The van der Waals surface area contributed by atoms with Crippen molar-refractivity contribution in [1.29, 1.82) is 0 Å². The van der Waals surface area contributed by atoms with E-state index in [1.54, 1.807) is 30.5 Å². The van der Waals surface area contributed by atoms with Gasteiger partial charge in [0, 0.05) is 27.7 Å². The molecule has 1 heterocycles. The van der Waals surface area contributed by atoms with Crippen molar-refractivity contribution in [2.45, 2.75) is 13.8 Å². The predicted molar refractivity (Wildman–Crippen MR) is 107 cm³/mol. The minimum Gasteiger partial charge on any atom is -0.318 e. The summed E-state index contributed by atoms with van der Waals surface area (Å²) >= 11 is 12.0. The highest BCUT2D eigenvalue weighted by Gasteiger charge is 2.10. The van der Waals surface area contributed by atoms with E-state index in [0.29, 0.717) is 15.6 Å². The van der Waals surface area contributed by atoms with E-state index in [-0.39, 0.29) is 5.91 Å². The van der Waals surface area contributed by atoms with Gasteiger partial charge in [0.25, 0.3) is 5.91 Å². The highest BCUT2D eigenvalue weighted by molar-refractivity contribution is 6.33. The second-order valence-electron chi connectivity index (χ2n) is 5.82. The number of carbonyl (C=O) groups excluding carboxylic acids is 1. The van der Waals surface area contributed by atoms with Gasteiger partial charge in [0.2, 0.25) is 0 Å². The van der Waals surface area contributed by atoms with Crippen LogP contribution in [0.4, 0.5) is 0 Å². The summed E-state index contributed by atoms with van der Waals surface area (Å²) in [6.07, 6.45) is 1.63. The van der Waals surface area contributed by atoms with Crippen molar-refractivity contribution in [2.24, 2.45) is 5.10 Å². The number of aromatic nitrogens is 1. The molecule has 0 saturated carbocycles. The van der Waals surface area contributed by atoms with Crippen molar-refractivity contribution >= 4 is 35.3 Å². The van der Waals surface area contributed by atoms with Gasteiger partial charge in [0.15, 0.2) is 0 Å². The Kier molecular flexibility index (Phi) is 5.45. The Morgan fingerprint density at radius 2 is 1.77 bits per heavy atom. The van der Waals surface area contributed by atoms with Crippen LogP contribution in [0.3, 0.4) is 0 Å². The molecule has 0 aliphatic carbocycles. The molecule has 3 rings (SSSR count). The number of carbonyl (C=O) groups is 1. The molecule has 26 heavy (non-hydrogen) atoms. The normalized spacial score (nSPS) is 11.1. The Morgan fingerprint density at radius 3 is 2.46 bits per heavy atom. The third kappa shape index (κ3) is 3.82. The molecular formula is C20H17Cl2N3O. The number of benzene rings is 2. The van der Waals surface area contributed by atoms with E-state index >= 15 is 0 Å². The van der Waals surface area contributed by atoms with E-state index in [4.69, 9.17) is 23.2 Å². The van der Waals surface area contributed by atoms with Crippen molar-refractivity contribution < 1.29 is 4.79 Å². The monoisotopic (exact) mass is 385 g/mol. The number of hydrogen-bond acceptors (Lipinski definition) is 2. The fourth-order valence-electron chi connectivity index (χ4n) is 2.77. The lowest BCUT2D eigenvalue weighted by Crippen LogP contribution is -2.18. The minimum atomic E-state index is -0.349. The Labute approximate surface area is 162 Å². The molecule has 1 aromatic heterocycles. The lowest BCUT2D eigenvalue weighted by molar-refractivity contribution is 0.0955.